The number of carbonyl (C=O) groups is 1. The second-order valence-corrected chi connectivity index (χ2v) is 7.44. The van der Waals surface area contributed by atoms with Crippen molar-refractivity contribution < 1.29 is 14.3 Å². The van der Waals surface area contributed by atoms with Crippen LogP contribution in [-0.4, -0.2) is 43.2 Å². The third-order valence-corrected chi connectivity index (χ3v) is 5.35. The third kappa shape index (κ3) is 4.84. The van der Waals surface area contributed by atoms with Gasteiger partial charge in [-0.05, 0) is 50.6 Å². The number of benzene rings is 2. The molecule has 2 aromatic carbocycles. The van der Waals surface area contributed by atoms with Crippen LogP contribution < -0.4 is 14.8 Å². The van der Waals surface area contributed by atoms with Crippen LogP contribution in [-0.2, 0) is 11.2 Å². The highest BCUT2D eigenvalue weighted by molar-refractivity contribution is 5.81. The molecule has 0 fully saturated rings. The van der Waals surface area contributed by atoms with Crippen molar-refractivity contribution in [3.8, 4) is 11.5 Å². The van der Waals surface area contributed by atoms with Gasteiger partial charge in [0.15, 0.2) is 11.5 Å². The molecule has 1 amide bonds. The fourth-order valence-corrected chi connectivity index (χ4v) is 3.29. The summed E-state index contributed by atoms with van der Waals surface area (Å²) in [4.78, 5) is 14.7. The summed E-state index contributed by atoms with van der Waals surface area (Å²) in [6.07, 6.45) is 0.912. The molecule has 0 spiro atoms. The quantitative estimate of drug-likeness (QED) is 0.795. The summed E-state index contributed by atoms with van der Waals surface area (Å²) in [6.45, 7) is 7.16. The molecule has 3 atom stereocenters. The van der Waals surface area contributed by atoms with Crippen molar-refractivity contribution in [2.24, 2.45) is 0 Å². The first kappa shape index (κ1) is 20.2. The topological polar surface area (TPSA) is 50.8 Å². The van der Waals surface area contributed by atoms with Gasteiger partial charge in [0.2, 0.25) is 5.91 Å². The van der Waals surface area contributed by atoms with Crippen molar-refractivity contribution in [1.29, 1.82) is 0 Å². The predicted molar refractivity (Wildman–Crippen MR) is 111 cm³/mol. The lowest BCUT2D eigenvalue weighted by Crippen LogP contribution is -2.48. The molecule has 1 aliphatic rings. The average molecular weight is 383 g/mol. The van der Waals surface area contributed by atoms with Gasteiger partial charge in [0.25, 0.3) is 0 Å². The van der Waals surface area contributed by atoms with Crippen LogP contribution in [0, 0.1) is 0 Å². The molecular weight excluding hydrogens is 352 g/mol. The van der Waals surface area contributed by atoms with E-state index < -0.39 is 0 Å². The fourth-order valence-electron chi connectivity index (χ4n) is 3.29. The van der Waals surface area contributed by atoms with Crippen LogP contribution in [0.3, 0.4) is 0 Å². The highest BCUT2D eigenvalue weighted by Gasteiger charge is 2.26. The lowest BCUT2D eigenvalue weighted by molar-refractivity contribution is -0.126. The molecule has 5 nitrogen and oxygen atoms in total. The van der Waals surface area contributed by atoms with E-state index in [1.165, 1.54) is 5.56 Å². The first-order valence-electron chi connectivity index (χ1n) is 9.95. The van der Waals surface area contributed by atoms with Gasteiger partial charge < -0.3 is 14.8 Å². The molecular formula is C23H30N2O3. The SMILES string of the molecule is CCc1ccc(C(C)NC(=O)C(C)N(C)CC2COc3ccccc3O2)cc1. The molecule has 3 unspecified atom stereocenters. The summed E-state index contributed by atoms with van der Waals surface area (Å²) in [7, 11) is 1.94. The number of amides is 1. The van der Waals surface area contributed by atoms with Crippen molar-refractivity contribution in [2.75, 3.05) is 20.2 Å². The summed E-state index contributed by atoms with van der Waals surface area (Å²) >= 11 is 0. The normalized spacial score (nSPS) is 17.8. The number of para-hydroxylation sites is 2. The Morgan fingerprint density at radius 1 is 1.14 bits per heavy atom. The van der Waals surface area contributed by atoms with Gasteiger partial charge in [-0.1, -0.05) is 43.3 Å². The van der Waals surface area contributed by atoms with Crippen molar-refractivity contribution in [3.05, 3.63) is 59.7 Å². The Morgan fingerprint density at radius 3 is 2.50 bits per heavy atom. The Kier molecular flexibility index (Phi) is 6.57. The Labute approximate surface area is 167 Å². The van der Waals surface area contributed by atoms with E-state index in [2.05, 4.69) is 36.5 Å². The van der Waals surface area contributed by atoms with E-state index in [1.54, 1.807) is 0 Å². The highest BCUT2D eigenvalue weighted by Crippen LogP contribution is 2.31. The van der Waals surface area contributed by atoms with Gasteiger partial charge in [0.1, 0.15) is 12.7 Å². The summed E-state index contributed by atoms with van der Waals surface area (Å²) in [5, 5.41) is 3.11. The van der Waals surface area contributed by atoms with Crippen molar-refractivity contribution in [1.82, 2.24) is 10.2 Å². The van der Waals surface area contributed by atoms with E-state index in [4.69, 9.17) is 9.47 Å². The van der Waals surface area contributed by atoms with Gasteiger partial charge in [-0.2, -0.15) is 0 Å². The molecule has 0 saturated carbocycles. The maximum absolute atomic E-state index is 12.7. The van der Waals surface area contributed by atoms with Crippen LogP contribution in [0.2, 0.25) is 0 Å². The van der Waals surface area contributed by atoms with Crippen LogP contribution in [0.5, 0.6) is 11.5 Å². The highest BCUT2D eigenvalue weighted by atomic mass is 16.6. The lowest BCUT2D eigenvalue weighted by atomic mass is 10.0. The second kappa shape index (κ2) is 9.11. The van der Waals surface area contributed by atoms with Gasteiger partial charge in [-0.25, -0.2) is 0 Å². The summed E-state index contributed by atoms with van der Waals surface area (Å²) in [5.74, 6) is 1.54. The molecule has 28 heavy (non-hydrogen) atoms. The zero-order chi connectivity index (χ0) is 20.1. The van der Waals surface area contributed by atoms with Gasteiger partial charge in [0.05, 0.1) is 12.1 Å². The third-order valence-electron chi connectivity index (χ3n) is 5.35. The zero-order valence-electron chi connectivity index (χ0n) is 17.1. The smallest absolute Gasteiger partial charge is 0.237 e. The number of ether oxygens (including phenoxy) is 2. The summed E-state index contributed by atoms with van der Waals surface area (Å²) < 4.78 is 11.8. The van der Waals surface area contributed by atoms with Gasteiger partial charge >= 0.3 is 0 Å². The number of nitrogens with zero attached hydrogens (tertiary/aromatic N) is 1. The monoisotopic (exact) mass is 382 g/mol. The number of nitrogens with one attached hydrogen (secondary N) is 1. The van der Waals surface area contributed by atoms with Crippen molar-refractivity contribution >= 4 is 5.91 Å². The van der Waals surface area contributed by atoms with E-state index in [-0.39, 0.29) is 24.1 Å². The number of aryl methyl sites for hydroxylation is 1. The number of rotatable bonds is 7. The first-order chi connectivity index (χ1) is 13.5. The molecule has 5 heteroatoms. The molecule has 3 rings (SSSR count). The fraction of sp³-hybridized carbons (Fsp3) is 0.435. The van der Waals surface area contributed by atoms with Crippen LogP contribution in [0.1, 0.15) is 37.9 Å². The van der Waals surface area contributed by atoms with Gasteiger partial charge in [-0.15, -0.1) is 0 Å². The molecule has 1 N–H and O–H groups in total. The van der Waals surface area contributed by atoms with Gasteiger partial charge in [0, 0.05) is 6.54 Å². The van der Waals surface area contributed by atoms with Gasteiger partial charge in [-0.3, -0.25) is 9.69 Å². The van der Waals surface area contributed by atoms with E-state index in [9.17, 15) is 4.79 Å². The standard InChI is InChI=1S/C23H30N2O3/c1-5-18-10-12-19(13-11-18)16(2)24-23(26)17(3)25(4)14-20-15-27-21-8-6-7-9-22(21)28-20/h6-13,16-17,20H,5,14-15H2,1-4H3,(H,24,26). The number of carbonyl (C=O) groups excluding carboxylic acids is 1. The molecule has 1 heterocycles. The van der Waals surface area contributed by atoms with Crippen LogP contribution in [0.15, 0.2) is 48.5 Å². The zero-order valence-corrected chi connectivity index (χ0v) is 17.1. The van der Waals surface area contributed by atoms with Crippen LogP contribution in [0.25, 0.3) is 0 Å². The van der Waals surface area contributed by atoms with E-state index in [0.717, 1.165) is 23.5 Å². The van der Waals surface area contributed by atoms with E-state index in [1.807, 2.05) is 50.1 Å². The number of hydrogen-bond donors (Lipinski definition) is 1. The summed E-state index contributed by atoms with van der Waals surface area (Å²) in [6, 6.07) is 15.8. The van der Waals surface area contributed by atoms with E-state index >= 15 is 0 Å². The molecule has 0 saturated heterocycles. The van der Waals surface area contributed by atoms with Crippen LogP contribution >= 0.6 is 0 Å². The average Bonchev–Trinajstić information content (AvgIpc) is 2.73. The molecule has 0 aromatic heterocycles. The maximum Gasteiger partial charge on any atom is 0.237 e. The largest absolute Gasteiger partial charge is 0.486 e. The molecule has 1 aliphatic heterocycles. The van der Waals surface area contributed by atoms with Crippen molar-refractivity contribution in [2.45, 2.75) is 45.4 Å². The predicted octanol–water partition coefficient (Wildman–Crippen LogP) is 3.59. The minimum Gasteiger partial charge on any atom is -0.486 e. The Bertz CT molecular complexity index is 791. The number of likely N-dealkylation sites (N-methyl/N-ethyl adjacent to an activating group) is 1. The van der Waals surface area contributed by atoms with Crippen molar-refractivity contribution in [3.63, 3.8) is 0 Å². The molecule has 0 aliphatic carbocycles. The number of hydrogen-bond acceptors (Lipinski definition) is 4. The minimum atomic E-state index is -0.266. The minimum absolute atomic E-state index is 0.00620. The summed E-state index contributed by atoms with van der Waals surface area (Å²) in [5.41, 5.74) is 2.41. The lowest BCUT2D eigenvalue weighted by Gasteiger charge is -2.32. The molecule has 2 aromatic rings. The Morgan fingerprint density at radius 2 is 1.82 bits per heavy atom. The maximum atomic E-state index is 12.7. The van der Waals surface area contributed by atoms with Crippen LogP contribution in [0.4, 0.5) is 0 Å². The Hall–Kier alpha value is -2.53. The molecule has 0 bridgehead atoms. The Balaban J connectivity index is 1.52. The number of fused-ring (bicyclic) bond motifs is 1. The second-order valence-electron chi connectivity index (χ2n) is 7.44. The molecule has 150 valence electrons. The van der Waals surface area contributed by atoms with E-state index in [0.29, 0.717) is 13.2 Å². The first-order valence-corrected chi connectivity index (χ1v) is 9.95. The molecule has 0 radical (unpaired) electrons.